The molecule has 0 spiro atoms. The Kier molecular flexibility index (Phi) is 5.32. The number of benzene rings is 3. The molecule has 0 unspecified atom stereocenters. The van der Waals surface area contributed by atoms with Crippen LogP contribution in [0.1, 0.15) is 34.5 Å². The van der Waals surface area contributed by atoms with Crippen molar-refractivity contribution < 1.29 is 14.3 Å². The number of amides is 1. The molecule has 0 aliphatic heterocycles. The summed E-state index contributed by atoms with van der Waals surface area (Å²) >= 11 is 0. The lowest BCUT2D eigenvalue weighted by Crippen LogP contribution is -2.31. The highest BCUT2D eigenvalue weighted by molar-refractivity contribution is 5.93. The van der Waals surface area contributed by atoms with Crippen molar-refractivity contribution in [2.75, 3.05) is 6.61 Å². The van der Waals surface area contributed by atoms with Crippen LogP contribution in [0.5, 0.6) is 0 Å². The van der Waals surface area contributed by atoms with E-state index in [-0.39, 0.29) is 18.6 Å². The highest BCUT2D eigenvalue weighted by Crippen LogP contribution is 2.23. The largest absolute Gasteiger partial charge is 0.452 e. The summed E-state index contributed by atoms with van der Waals surface area (Å²) in [5.74, 6) is -0.816. The molecule has 3 rings (SSSR count). The van der Waals surface area contributed by atoms with Gasteiger partial charge in [-0.25, -0.2) is 4.79 Å². The summed E-state index contributed by atoms with van der Waals surface area (Å²) in [6.07, 6.45) is 0. The molecule has 3 aromatic carbocycles. The Bertz CT molecular complexity index is 944. The normalized spacial score (nSPS) is 11.8. The standard InChI is InChI=1S/C22H21NO3/c1-15-8-3-5-11-18(15)22(25)26-14-21(24)23-16(2)19-13-7-10-17-9-4-6-12-20(17)19/h3-13,16H,14H2,1-2H3,(H,23,24)/t16-/m1/s1. The summed E-state index contributed by atoms with van der Waals surface area (Å²) in [6.45, 7) is 3.45. The number of hydrogen-bond acceptors (Lipinski definition) is 3. The molecule has 1 amide bonds. The molecular weight excluding hydrogens is 326 g/mol. The van der Waals surface area contributed by atoms with Crippen LogP contribution in [0.3, 0.4) is 0 Å². The first-order chi connectivity index (χ1) is 12.6. The minimum absolute atomic E-state index is 0.189. The van der Waals surface area contributed by atoms with Crippen molar-refractivity contribution in [2.24, 2.45) is 0 Å². The Morgan fingerprint density at radius 3 is 2.46 bits per heavy atom. The number of hydrogen-bond donors (Lipinski definition) is 1. The van der Waals surface area contributed by atoms with Gasteiger partial charge < -0.3 is 10.1 Å². The Hall–Kier alpha value is -3.14. The topological polar surface area (TPSA) is 55.4 Å². The average molecular weight is 347 g/mol. The summed E-state index contributed by atoms with van der Waals surface area (Å²) in [7, 11) is 0. The second-order valence-corrected chi connectivity index (χ2v) is 6.25. The molecule has 0 radical (unpaired) electrons. The zero-order chi connectivity index (χ0) is 18.5. The fraction of sp³-hybridized carbons (Fsp3) is 0.182. The van der Waals surface area contributed by atoms with Gasteiger partial charge in [0.1, 0.15) is 0 Å². The summed E-state index contributed by atoms with van der Waals surface area (Å²) in [5.41, 5.74) is 2.33. The molecule has 0 aromatic heterocycles. The smallest absolute Gasteiger partial charge is 0.338 e. The monoisotopic (exact) mass is 347 g/mol. The first-order valence-electron chi connectivity index (χ1n) is 8.56. The van der Waals surface area contributed by atoms with Crippen LogP contribution in [0.15, 0.2) is 66.7 Å². The molecule has 0 fully saturated rings. The highest BCUT2D eigenvalue weighted by atomic mass is 16.5. The second-order valence-electron chi connectivity index (χ2n) is 6.25. The lowest BCUT2D eigenvalue weighted by Gasteiger charge is -2.17. The van der Waals surface area contributed by atoms with Crippen LogP contribution in [-0.2, 0) is 9.53 Å². The molecule has 0 saturated carbocycles. The molecule has 4 heteroatoms. The van der Waals surface area contributed by atoms with Gasteiger partial charge in [0.25, 0.3) is 5.91 Å². The van der Waals surface area contributed by atoms with Crippen molar-refractivity contribution in [3.8, 4) is 0 Å². The summed E-state index contributed by atoms with van der Waals surface area (Å²) in [6, 6.07) is 21.0. The van der Waals surface area contributed by atoms with Crippen LogP contribution >= 0.6 is 0 Å². The molecule has 0 bridgehead atoms. The van der Waals surface area contributed by atoms with Gasteiger partial charge in [-0.3, -0.25) is 4.79 Å². The minimum Gasteiger partial charge on any atom is -0.452 e. The molecular formula is C22H21NO3. The molecule has 132 valence electrons. The molecule has 0 aliphatic rings. The molecule has 1 atom stereocenters. The molecule has 0 saturated heterocycles. The van der Waals surface area contributed by atoms with Gasteiger partial charge >= 0.3 is 5.97 Å². The van der Waals surface area contributed by atoms with Crippen LogP contribution in [0, 0.1) is 6.92 Å². The summed E-state index contributed by atoms with van der Waals surface area (Å²) < 4.78 is 5.14. The maximum absolute atomic E-state index is 12.2. The second kappa shape index (κ2) is 7.83. The first kappa shape index (κ1) is 17.7. The molecule has 0 aliphatic carbocycles. The van der Waals surface area contributed by atoms with Crippen molar-refractivity contribution in [1.29, 1.82) is 0 Å². The van der Waals surface area contributed by atoms with Gasteiger partial charge in [-0.1, -0.05) is 60.7 Å². The van der Waals surface area contributed by atoms with E-state index in [1.807, 2.05) is 68.4 Å². The Labute approximate surface area is 152 Å². The Morgan fingerprint density at radius 1 is 0.962 bits per heavy atom. The van der Waals surface area contributed by atoms with Crippen LogP contribution in [0.4, 0.5) is 0 Å². The zero-order valence-electron chi connectivity index (χ0n) is 14.9. The third kappa shape index (κ3) is 3.91. The molecule has 4 nitrogen and oxygen atoms in total. The Morgan fingerprint density at radius 2 is 1.65 bits per heavy atom. The predicted octanol–water partition coefficient (Wildman–Crippen LogP) is 4.18. The van der Waals surface area contributed by atoms with E-state index in [2.05, 4.69) is 5.32 Å². The van der Waals surface area contributed by atoms with Gasteiger partial charge in [0, 0.05) is 0 Å². The molecule has 3 aromatic rings. The molecule has 0 heterocycles. The van der Waals surface area contributed by atoms with Gasteiger partial charge in [-0.2, -0.15) is 0 Å². The van der Waals surface area contributed by atoms with Crippen LogP contribution in [0.25, 0.3) is 10.8 Å². The van der Waals surface area contributed by atoms with Gasteiger partial charge in [0.05, 0.1) is 11.6 Å². The van der Waals surface area contributed by atoms with E-state index in [1.54, 1.807) is 12.1 Å². The van der Waals surface area contributed by atoms with Crippen LogP contribution in [0.2, 0.25) is 0 Å². The number of nitrogens with one attached hydrogen (secondary N) is 1. The van der Waals surface area contributed by atoms with E-state index in [1.165, 1.54) is 0 Å². The average Bonchev–Trinajstić information content (AvgIpc) is 2.66. The lowest BCUT2D eigenvalue weighted by atomic mass is 10.00. The number of carbonyl (C=O) groups excluding carboxylic acids is 2. The molecule has 1 N–H and O–H groups in total. The van der Waals surface area contributed by atoms with E-state index in [0.29, 0.717) is 5.56 Å². The number of fused-ring (bicyclic) bond motifs is 1. The van der Waals surface area contributed by atoms with Gasteiger partial charge in [-0.15, -0.1) is 0 Å². The number of ether oxygens (including phenoxy) is 1. The van der Waals surface area contributed by atoms with E-state index < -0.39 is 5.97 Å². The van der Waals surface area contributed by atoms with E-state index >= 15 is 0 Å². The number of rotatable bonds is 5. The minimum atomic E-state index is -0.490. The third-order valence-electron chi connectivity index (χ3n) is 4.37. The fourth-order valence-corrected chi connectivity index (χ4v) is 3.00. The van der Waals surface area contributed by atoms with E-state index in [0.717, 1.165) is 21.9 Å². The van der Waals surface area contributed by atoms with Gasteiger partial charge in [0.2, 0.25) is 0 Å². The maximum atomic E-state index is 12.2. The third-order valence-corrected chi connectivity index (χ3v) is 4.37. The van der Waals surface area contributed by atoms with Crippen molar-refractivity contribution in [2.45, 2.75) is 19.9 Å². The van der Waals surface area contributed by atoms with Crippen LogP contribution < -0.4 is 5.32 Å². The first-order valence-corrected chi connectivity index (χ1v) is 8.56. The van der Waals surface area contributed by atoms with E-state index in [4.69, 9.17) is 4.74 Å². The number of esters is 1. The van der Waals surface area contributed by atoms with Crippen molar-refractivity contribution in [3.63, 3.8) is 0 Å². The summed E-state index contributed by atoms with van der Waals surface area (Å²) in [4.78, 5) is 24.3. The van der Waals surface area contributed by atoms with Gasteiger partial charge in [0.15, 0.2) is 6.61 Å². The van der Waals surface area contributed by atoms with Crippen molar-refractivity contribution in [1.82, 2.24) is 5.32 Å². The highest BCUT2D eigenvalue weighted by Gasteiger charge is 2.15. The number of aryl methyl sites for hydroxylation is 1. The molecule has 26 heavy (non-hydrogen) atoms. The predicted molar refractivity (Wildman–Crippen MR) is 102 cm³/mol. The lowest BCUT2D eigenvalue weighted by molar-refractivity contribution is -0.124. The van der Waals surface area contributed by atoms with E-state index in [9.17, 15) is 9.59 Å². The van der Waals surface area contributed by atoms with Crippen molar-refractivity contribution >= 4 is 22.6 Å². The fourth-order valence-electron chi connectivity index (χ4n) is 3.00. The maximum Gasteiger partial charge on any atom is 0.338 e. The number of carbonyl (C=O) groups is 2. The zero-order valence-corrected chi connectivity index (χ0v) is 14.9. The SMILES string of the molecule is Cc1ccccc1C(=O)OCC(=O)N[C@H](C)c1cccc2ccccc12. The van der Waals surface area contributed by atoms with Crippen LogP contribution in [-0.4, -0.2) is 18.5 Å². The summed E-state index contributed by atoms with van der Waals surface area (Å²) in [5, 5.41) is 5.11. The van der Waals surface area contributed by atoms with Crippen molar-refractivity contribution in [3.05, 3.63) is 83.4 Å². The Balaban J connectivity index is 1.63. The quantitative estimate of drug-likeness (QED) is 0.704. The van der Waals surface area contributed by atoms with Gasteiger partial charge in [-0.05, 0) is 41.8 Å².